The van der Waals surface area contributed by atoms with E-state index in [9.17, 15) is 23.2 Å². The second kappa shape index (κ2) is 15.3. The minimum absolute atomic E-state index is 0.0648. The summed E-state index contributed by atoms with van der Waals surface area (Å²) >= 11 is 6.58. The Morgan fingerprint density at radius 3 is 2.53 bits per heavy atom. The van der Waals surface area contributed by atoms with Gasteiger partial charge in [0.25, 0.3) is 5.91 Å². The molecule has 2 aromatic carbocycles. The van der Waals surface area contributed by atoms with Crippen molar-refractivity contribution >= 4 is 52.2 Å². The van der Waals surface area contributed by atoms with Crippen LogP contribution in [-0.2, 0) is 19.1 Å². The number of benzene rings is 2. The fourth-order valence-corrected chi connectivity index (χ4v) is 6.91. The number of carbonyl (C=O) groups is 3. The standard InChI is InChI=1S/C32H35F2N3O6S2/c33-25-7-4-22(19-26(25)34)24-17-20(1-8-27(24)43-16-13-36-11-14-42-15-12-36)18-28-30(39)37(32(44)45-28)10-9-29(38)35-23-5-2-21(3-6-23)31(40)41/h1,4,7-8,17-19,21,23H,2-3,5-6,9-16H2,(H,35,38)(H,40,41)/b28-18-. The molecule has 1 saturated carbocycles. The molecule has 2 aromatic rings. The molecule has 0 radical (unpaired) electrons. The lowest BCUT2D eigenvalue weighted by molar-refractivity contribution is -0.142. The number of carboxylic acids is 1. The number of hydrogen-bond acceptors (Lipinski definition) is 8. The van der Waals surface area contributed by atoms with Crippen molar-refractivity contribution in [2.24, 2.45) is 5.92 Å². The van der Waals surface area contributed by atoms with E-state index in [-0.39, 0.29) is 36.7 Å². The number of carbonyl (C=O) groups excluding carboxylic acids is 2. The van der Waals surface area contributed by atoms with Gasteiger partial charge < -0.3 is 19.9 Å². The van der Waals surface area contributed by atoms with Crippen molar-refractivity contribution in [1.29, 1.82) is 0 Å². The van der Waals surface area contributed by atoms with Gasteiger partial charge in [-0.2, -0.15) is 0 Å². The maximum absolute atomic E-state index is 14.2. The molecule has 2 heterocycles. The summed E-state index contributed by atoms with van der Waals surface area (Å²) in [7, 11) is 0. The average molecular weight is 660 g/mol. The quantitative estimate of drug-likeness (QED) is 0.262. The zero-order chi connectivity index (χ0) is 31.9. The van der Waals surface area contributed by atoms with Gasteiger partial charge in [-0.25, -0.2) is 8.78 Å². The van der Waals surface area contributed by atoms with E-state index in [1.165, 1.54) is 11.0 Å². The minimum Gasteiger partial charge on any atom is -0.492 e. The molecule has 240 valence electrons. The number of ether oxygens (including phenoxy) is 2. The summed E-state index contributed by atoms with van der Waals surface area (Å²) in [6.45, 7) is 4.18. The lowest BCUT2D eigenvalue weighted by Gasteiger charge is -2.27. The van der Waals surface area contributed by atoms with Gasteiger partial charge in [0, 0.05) is 44.2 Å². The first-order valence-corrected chi connectivity index (χ1v) is 16.2. The maximum atomic E-state index is 14.2. The molecule has 0 spiro atoms. The van der Waals surface area contributed by atoms with Crippen LogP contribution in [0.2, 0.25) is 0 Å². The molecular formula is C32H35F2N3O6S2. The highest BCUT2D eigenvalue weighted by atomic mass is 32.2. The van der Waals surface area contributed by atoms with Gasteiger partial charge in [0.1, 0.15) is 16.7 Å². The van der Waals surface area contributed by atoms with Crippen LogP contribution in [0.5, 0.6) is 5.75 Å². The van der Waals surface area contributed by atoms with Crippen LogP contribution < -0.4 is 10.1 Å². The lowest BCUT2D eigenvalue weighted by atomic mass is 9.86. The number of aliphatic carboxylic acids is 1. The Morgan fingerprint density at radius 2 is 1.82 bits per heavy atom. The first-order valence-electron chi connectivity index (χ1n) is 15.0. The zero-order valence-corrected chi connectivity index (χ0v) is 26.3. The Hall–Kier alpha value is -3.39. The SMILES string of the molecule is O=C(CCN1C(=O)/C(=C/c2ccc(OCCN3CCOCC3)c(-c3ccc(F)c(F)c3)c2)SC1=S)NC1CCC(C(=O)O)CC1. The molecule has 0 aromatic heterocycles. The highest BCUT2D eigenvalue weighted by Crippen LogP contribution is 2.36. The second-order valence-electron chi connectivity index (χ2n) is 11.2. The van der Waals surface area contributed by atoms with Crippen LogP contribution in [0.1, 0.15) is 37.7 Å². The lowest BCUT2D eigenvalue weighted by Crippen LogP contribution is -2.40. The summed E-state index contributed by atoms with van der Waals surface area (Å²) in [5.74, 6) is -3.13. The smallest absolute Gasteiger partial charge is 0.306 e. The third-order valence-electron chi connectivity index (χ3n) is 8.18. The van der Waals surface area contributed by atoms with E-state index in [2.05, 4.69) is 10.2 Å². The van der Waals surface area contributed by atoms with Crippen LogP contribution in [-0.4, -0.2) is 89.1 Å². The molecule has 0 unspecified atom stereocenters. The molecular weight excluding hydrogens is 624 g/mol. The molecule has 0 atom stereocenters. The first-order chi connectivity index (χ1) is 21.7. The van der Waals surface area contributed by atoms with Crippen molar-refractivity contribution in [2.75, 3.05) is 46.0 Å². The number of halogens is 2. The number of nitrogens with zero attached hydrogens (tertiary/aromatic N) is 2. The number of nitrogens with one attached hydrogen (secondary N) is 1. The Balaban J connectivity index is 1.24. The van der Waals surface area contributed by atoms with Crippen molar-refractivity contribution in [1.82, 2.24) is 15.1 Å². The van der Waals surface area contributed by atoms with E-state index in [1.54, 1.807) is 24.3 Å². The highest BCUT2D eigenvalue weighted by molar-refractivity contribution is 8.26. The largest absolute Gasteiger partial charge is 0.492 e. The molecule has 5 rings (SSSR count). The molecule has 2 saturated heterocycles. The van der Waals surface area contributed by atoms with Crippen LogP contribution in [0.4, 0.5) is 8.78 Å². The van der Waals surface area contributed by atoms with Crippen LogP contribution in [0.15, 0.2) is 41.3 Å². The van der Waals surface area contributed by atoms with E-state index in [4.69, 9.17) is 26.8 Å². The van der Waals surface area contributed by atoms with Crippen LogP contribution in [0, 0.1) is 17.6 Å². The van der Waals surface area contributed by atoms with Crippen LogP contribution >= 0.6 is 24.0 Å². The number of hydrogen-bond donors (Lipinski definition) is 2. The first kappa shape index (κ1) is 33.0. The molecule has 3 fully saturated rings. The van der Waals surface area contributed by atoms with Gasteiger partial charge in [0.15, 0.2) is 11.6 Å². The molecule has 3 aliphatic rings. The Kier molecular flexibility index (Phi) is 11.2. The number of carboxylic acid groups (broad SMARTS) is 1. The normalized spacial score (nSPS) is 21.7. The number of morpholine rings is 1. The summed E-state index contributed by atoms with van der Waals surface area (Å²) < 4.78 is 39.7. The highest BCUT2D eigenvalue weighted by Gasteiger charge is 2.33. The fraction of sp³-hybridized carbons (Fsp3) is 0.438. The summed E-state index contributed by atoms with van der Waals surface area (Å²) in [6.07, 6.45) is 4.02. The Morgan fingerprint density at radius 1 is 1.07 bits per heavy atom. The monoisotopic (exact) mass is 659 g/mol. The zero-order valence-electron chi connectivity index (χ0n) is 24.6. The summed E-state index contributed by atoms with van der Waals surface area (Å²) in [5.41, 5.74) is 1.63. The molecule has 45 heavy (non-hydrogen) atoms. The van der Waals surface area contributed by atoms with Crippen LogP contribution in [0.25, 0.3) is 17.2 Å². The van der Waals surface area contributed by atoms with E-state index in [1.807, 2.05) is 0 Å². The summed E-state index contributed by atoms with van der Waals surface area (Å²) in [5, 5.41) is 12.1. The third-order valence-corrected chi connectivity index (χ3v) is 9.56. The van der Waals surface area contributed by atoms with Crippen LogP contribution in [0.3, 0.4) is 0 Å². The van der Waals surface area contributed by atoms with Gasteiger partial charge in [-0.1, -0.05) is 36.1 Å². The van der Waals surface area contributed by atoms with E-state index < -0.39 is 17.6 Å². The topological polar surface area (TPSA) is 108 Å². The molecule has 2 amide bonds. The average Bonchev–Trinajstić information content (AvgIpc) is 3.29. The van der Waals surface area contributed by atoms with E-state index in [0.29, 0.717) is 83.7 Å². The summed E-state index contributed by atoms with van der Waals surface area (Å²) in [4.78, 5) is 41.0. The van der Waals surface area contributed by atoms with E-state index >= 15 is 0 Å². The predicted molar refractivity (Wildman–Crippen MR) is 171 cm³/mol. The number of rotatable bonds is 11. The van der Waals surface area contributed by atoms with Gasteiger partial charge in [-0.3, -0.25) is 24.2 Å². The van der Waals surface area contributed by atoms with Gasteiger partial charge in [0.05, 0.1) is 24.0 Å². The second-order valence-corrected chi connectivity index (χ2v) is 12.9. The molecule has 0 bridgehead atoms. The molecule has 2 N–H and O–H groups in total. The number of thioether (sulfide) groups is 1. The number of thiocarbonyl (C=S) groups is 1. The third kappa shape index (κ3) is 8.66. The maximum Gasteiger partial charge on any atom is 0.306 e. The van der Waals surface area contributed by atoms with Gasteiger partial charge >= 0.3 is 5.97 Å². The van der Waals surface area contributed by atoms with Crippen molar-refractivity contribution < 1.29 is 37.7 Å². The Labute approximate surface area is 269 Å². The molecule has 1 aliphatic carbocycles. The summed E-state index contributed by atoms with van der Waals surface area (Å²) in [6, 6.07) is 8.88. The predicted octanol–water partition coefficient (Wildman–Crippen LogP) is 4.69. The van der Waals surface area contributed by atoms with E-state index in [0.717, 1.165) is 37.0 Å². The minimum atomic E-state index is -0.977. The van der Waals surface area contributed by atoms with Crippen molar-refractivity contribution in [3.05, 3.63) is 58.5 Å². The van der Waals surface area contributed by atoms with Gasteiger partial charge in [-0.15, -0.1) is 0 Å². The van der Waals surface area contributed by atoms with Crippen molar-refractivity contribution in [2.45, 2.75) is 38.1 Å². The van der Waals surface area contributed by atoms with Crippen molar-refractivity contribution in [3.63, 3.8) is 0 Å². The number of amides is 2. The molecule has 13 heteroatoms. The fourth-order valence-electron chi connectivity index (χ4n) is 5.60. The van der Waals surface area contributed by atoms with Gasteiger partial charge in [0.2, 0.25) is 5.91 Å². The van der Waals surface area contributed by atoms with Gasteiger partial charge in [-0.05, 0) is 67.2 Å². The Bertz CT molecular complexity index is 1470. The molecule has 9 nitrogen and oxygen atoms in total. The van der Waals surface area contributed by atoms with Crippen molar-refractivity contribution in [3.8, 4) is 16.9 Å². The molecule has 2 aliphatic heterocycles.